The minimum atomic E-state index is -0.791. The van der Waals surface area contributed by atoms with Gasteiger partial charge in [-0.2, -0.15) is 0 Å². The predicted molar refractivity (Wildman–Crippen MR) is 64.5 cm³/mol. The van der Waals surface area contributed by atoms with Crippen molar-refractivity contribution in [2.45, 2.75) is 26.7 Å². The molecule has 1 heterocycles. The van der Waals surface area contributed by atoms with Gasteiger partial charge < -0.3 is 15.0 Å². The summed E-state index contributed by atoms with van der Waals surface area (Å²) >= 11 is 0. The van der Waals surface area contributed by atoms with Crippen molar-refractivity contribution < 1.29 is 14.3 Å². The van der Waals surface area contributed by atoms with Crippen LogP contribution in [0.2, 0.25) is 0 Å². The highest BCUT2D eigenvalue weighted by atomic mass is 16.5. The second-order valence-electron chi connectivity index (χ2n) is 4.54. The highest BCUT2D eigenvalue weighted by molar-refractivity contribution is 6.32. The number of amides is 1. The summed E-state index contributed by atoms with van der Waals surface area (Å²) in [6, 6.07) is 0. The Morgan fingerprint density at radius 1 is 1.35 bits per heavy atom. The van der Waals surface area contributed by atoms with Crippen LogP contribution in [0.4, 0.5) is 0 Å². The molecule has 1 N–H and O–H groups in total. The second kappa shape index (κ2) is 7.27. The summed E-state index contributed by atoms with van der Waals surface area (Å²) in [6.07, 6.45) is 2.53. The quantitative estimate of drug-likeness (QED) is 0.560. The summed E-state index contributed by atoms with van der Waals surface area (Å²) in [4.78, 5) is 24.7. The van der Waals surface area contributed by atoms with Gasteiger partial charge in [-0.3, -0.25) is 4.79 Å². The summed E-state index contributed by atoms with van der Waals surface area (Å²) in [7, 11) is 0. The molecule has 1 rings (SSSR count). The van der Waals surface area contributed by atoms with Gasteiger partial charge in [-0.05, 0) is 38.8 Å². The summed E-state index contributed by atoms with van der Waals surface area (Å²) in [5, 5.41) is 2.60. The summed E-state index contributed by atoms with van der Waals surface area (Å²) in [5.41, 5.74) is 0. The molecule has 1 aliphatic heterocycles. The molecular weight excluding hydrogens is 220 g/mol. The fourth-order valence-corrected chi connectivity index (χ4v) is 2.01. The van der Waals surface area contributed by atoms with Crippen LogP contribution in [-0.2, 0) is 14.3 Å². The molecule has 0 radical (unpaired) electrons. The minimum absolute atomic E-state index is 0.232. The Morgan fingerprint density at radius 3 is 2.59 bits per heavy atom. The maximum atomic E-state index is 11.3. The van der Waals surface area contributed by atoms with Crippen LogP contribution in [0.1, 0.15) is 26.7 Å². The lowest BCUT2D eigenvalue weighted by atomic mass is 10.1. The Balaban J connectivity index is 2.15. The fraction of sp³-hybridized carbons (Fsp3) is 0.833. The van der Waals surface area contributed by atoms with E-state index in [0.29, 0.717) is 12.5 Å². The van der Waals surface area contributed by atoms with Crippen LogP contribution >= 0.6 is 0 Å². The van der Waals surface area contributed by atoms with Crippen LogP contribution in [-0.4, -0.2) is 49.6 Å². The number of rotatable bonds is 5. The first-order chi connectivity index (χ1) is 8.13. The van der Waals surface area contributed by atoms with Gasteiger partial charge in [0.25, 0.3) is 0 Å². The maximum absolute atomic E-state index is 11.3. The molecule has 0 aromatic rings. The monoisotopic (exact) mass is 242 g/mol. The number of nitrogens with zero attached hydrogens (tertiary/aromatic N) is 1. The van der Waals surface area contributed by atoms with E-state index in [1.807, 2.05) is 0 Å². The first kappa shape index (κ1) is 14.0. The highest BCUT2D eigenvalue weighted by Gasteiger charge is 2.17. The normalized spacial score (nSPS) is 17.8. The van der Waals surface area contributed by atoms with Crippen molar-refractivity contribution in [1.29, 1.82) is 0 Å². The summed E-state index contributed by atoms with van der Waals surface area (Å²) < 4.78 is 4.61. The van der Waals surface area contributed by atoms with Gasteiger partial charge in [0, 0.05) is 13.1 Å². The smallest absolute Gasteiger partial charge is 0.396 e. The minimum Gasteiger partial charge on any atom is -0.459 e. The van der Waals surface area contributed by atoms with Crippen LogP contribution in [0.3, 0.4) is 0 Å². The predicted octanol–water partition coefficient (Wildman–Crippen LogP) is 0.398. The third kappa shape index (κ3) is 5.17. The molecule has 0 bridgehead atoms. The van der Waals surface area contributed by atoms with Crippen molar-refractivity contribution >= 4 is 11.9 Å². The van der Waals surface area contributed by atoms with Crippen LogP contribution in [0.5, 0.6) is 0 Å². The van der Waals surface area contributed by atoms with Crippen LogP contribution in [0, 0.1) is 5.92 Å². The van der Waals surface area contributed by atoms with Gasteiger partial charge in [0.15, 0.2) is 0 Å². The third-order valence-electron chi connectivity index (χ3n) is 2.84. The molecule has 5 heteroatoms. The number of ether oxygens (including phenoxy) is 1. The number of hydrogen-bond donors (Lipinski definition) is 1. The number of nitrogens with one attached hydrogen (secondary N) is 1. The SMILES string of the molecule is CCOC(=O)C(=O)NCC(C)CN1CCCC1. The molecule has 1 unspecified atom stereocenters. The molecule has 0 aromatic heterocycles. The Morgan fingerprint density at radius 2 is 2.00 bits per heavy atom. The fourth-order valence-electron chi connectivity index (χ4n) is 2.01. The van der Waals surface area contributed by atoms with E-state index in [9.17, 15) is 9.59 Å². The zero-order valence-electron chi connectivity index (χ0n) is 10.7. The molecule has 1 aliphatic rings. The van der Waals surface area contributed by atoms with E-state index in [0.717, 1.165) is 19.6 Å². The Bertz CT molecular complexity index is 262. The second-order valence-corrected chi connectivity index (χ2v) is 4.54. The molecule has 1 fully saturated rings. The molecule has 0 saturated carbocycles. The Hall–Kier alpha value is -1.10. The molecule has 0 aliphatic carbocycles. The van der Waals surface area contributed by atoms with Crippen LogP contribution in [0.25, 0.3) is 0 Å². The molecule has 98 valence electrons. The largest absolute Gasteiger partial charge is 0.459 e. The average Bonchev–Trinajstić information content (AvgIpc) is 2.79. The maximum Gasteiger partial charge on any atom is 0.396 e. The first-order valence-electron chi connectivity index (χ1n) is 6.30. The molecule has 5 nitrogen and oxygen atoms in total. The Kier molecular flexibility index (Phi) is 5.97. The van der Waals surface area contributed by atoms with Crippen molar-refractivity contribution in [3.05, 3.63) is 0 Å². The molecule has 1 amide bonds. The topological polar surface area (TPSA) is 58.6 Å². The average molecular weight is 242 g/mol. The lowest BCUT2D eigenvalue weighted by Gasteiger charge is -2.20. The van der Waals surface area contributed by atoms with Crippen LogP contribution < -0.4 is 5.32 Å². The lowest BCUT2D eigenvalue weighted by molar-refractivity contribution is -0.154. The Labute approximate surface area is 102 Å². The van der Waals surface area contributed by atoms with E-state index < -0.39 is 11.9 Å². The van der Waals surface area contributed by atoms with Gasteiger partial charge >= 0.3 is 11.9 Å². The van der Waals surface area contributed by atoms with E-state index in [1.54, 1.807) is 6.92 Å². The first-order valence-corrected chi connectivity index (χ1v) is 6.30. The van der Waals surface area contributed by atoms with Gasteiger partial charge in [-0.15, -0.1) is 0 Å². The van der Waals surface area contributed by atoms with Gasteiger partial charge in [0.2, 0.25) is 0 Å². The standard InChI is InChI=1S/C12H22N2O3/c1-3-17-12(16)11(15)13-8-10(2)9-14-6-4-5-7-14/h10H,3-9H2,1-2H3,(H,13,15). The summed E-state index contributed by atoms with van der Waals surface area (Å²) in [6.45, 7) is 7.78. The van der Waals surface area contributed by atoms with E-state index in [2.05, 4.69) is 21.9 Å². The van der Waals surface area contributed by atoms with Gasteiger partial charge in [-0.1, -0.05) is 6.92 Å². The van der Waals surface area contributed by atoms with E-state index in [4.69, 9.17) is 0 Å². The van der Waals surface area contributed by atoms with Crippen molar-refractivity contribution in [3.63, 3.8) is 0 Å². The molecule has 1 saturated heterocycles. The van der Waals surface area contributed by atoms with Gasteiger partial charge in [0.1, 0.15) is 0 Å². The molecule has 0 aromatic carbocycles. The van der Waals surface area contributed by atoms with Crippen molar-refractivity contribution in [3.8, 4) is 0 Å². The number of esters is 1. The van der Waals surface area contributed by atoms with Crippen molar-refractivity contribution in [2.75, 3.05) is 32.8 Å². The number of likely N-dealkylation sites (tertiary alicyclic amines) is 1. The van der Waals surface area contributed by atoms with Crippen molar-refractivity contribution in [1.82, 2.24) is 10.2 Å². The lowest BCUT2D eigenvalue weighted by Crippen LogP contribution is -2.38. The molecule has 0 spiro atoms. The van der Waals surface area contributed by atoms with E-state index in [1.165, 1.54) is 12.8 Å². The van der Waals surface area contributed by atoms with E-state index in [-0.39, 0.29) is 6.61 Å². The number of carbonyl (C=O) groups excluding carboxylic acids is 2. The van der Waals surface area contributed by atoms with E-state index >= 15 is 0 Å². The van der Waals surface area contributed by atoms with Crippen molar-refractivity contribution in [2.24, 2.45) is 5.92 Å². The molecular formula is C12H22N2O3. The van der Waals surface area contributed by atoms with Crippen LogP contribution in [0.15, 0.2) is 0 Å². The number of hydrogen-bond acceptors (Lipinski definition) is 4. The third-order valence-corrected chi connectivity index (χ3v) is 2.84. The molecule has 17 heavy (non-hydrogen) atoms. The van der Waals surface area contributed by atoms with Gasteiger partial charge in [0.05, 0.1) is 6.61 Å². The molecule has 1 atom stereocenters. The number of carbonyl (C=O) groups is 2. The van der Waals surface area contributed by atoms with Gasteiger partial charge in [-0.25, -0.2) is 4.79 Å². The highest BCUT2D eigenvalue weighted by Crippen LogP contribution is 2.09. The zero-order chi connectivity index (χ0) is 12.7. The zero-order valence-corrected chi connectivity index (χ0v) is 10.7. The summed E-state index contributed by atoms with van der Waals surface area (Å²) in [5.74, 6) is -1.08.